The van der Waals surface area contributed by atoms with Crippen LogP contribution in [0.2, 0.25) is 0 Å². The van der Waals surface area contributed by atoms with Crippen LogP contribution in [-0.4, -0.2) is 40.3 Å². The van der Waals surface area contributed by atoms with Gasteiger partial charge in [0.2, 0.25) is 0 Å². The predicted octanol–water partition coefficient (Wildman–Crippen LogP) is 2.05. The van der Waals surface area contributed by atoms with E-state index in [-0.39, 0.29) is 17.8 Å². The molecule has 0 radical (unpaired) electrons. The van der Waals surface area contributed by atoms with Crippen LogP contribution in [0.4, 0.5) is 10.5 Å². The summed E-state index contributed by atoms with van der Waals surface area (Å²) in [4.78, 5) is 27.2. The Morgan fingerprint density at radius 2 is 2.14 bits per heavy atom. The normalized spacial score (nSPS) is 15.5. The highest BCUT2D eigenvalue weighted by atomic mass is 32.1. The van der Waals surface area contributed by atoms with Crippen molar-refractivity contribution in [1.82, 2.24) is 9.27 Å². The first-order valence-electron chi connectivity index (χ1n) is 6.76. The molecule has 0 saturated carbocycles. The van der Waals surface area contributed by atoms with Crippen LogP contribution < -0.4 is 10.6 Å². The van der Waals surface area contributed by atoms with Crippen molar-refractivity contribution in [3.63, 3.8) is 0 Å². The van der Waals surface area contributed by atoms with Gasteiger partial charge in [-0.05, 0) is 43.6 Å². The fraction of sp³-hybridized carbons (Fsp3) is 0.357. The number of benzene rings is 1. The lowest BCUT2D eigenvalue weighted by molar-refractivity contribution is 0.0998. The number of primary amides is 1. The molecule has 2 heterocycles. The molecule has 0 spiro atoms. The minimum absolute atomic E-state index is 0.0176. The van der Waals surface area contributed by atoms with Crippen molar-refractivity contribution in [3.8, 4) is 0 Å². The van der Waals surface area contributed by atoms with Crippen LogP contribution in [0, 0.1) is 0 Å². The van der Waals surface area contributed by atoms with Crippen molar-refractivity contribution >= 4 is 39.2 Å². The SMILES string of the molecule is CC(C)N1CCN(c2ccc3c(C(N)=O)nsc3c2)C1=O. The van der Waals surface area contributed by atoms with Gasteiger partial charge in [-0.2, -0.15) is 4.37 Å². The number of nitrogens with zero attached hydrogens (tertiary/aromatic N) is 3. The number of aromatic nitrogens is 1. The smallest absolute Gasteiger partial charge is 0.324 e. The van der Waals surface area contributed by atoms with E-state index in [2.05, 4.69) is 4.37 Å². The lowest BCUT2D eigenvalue weighted by atomic mass is 10.2. The van der Waals surface area contributed by atoms with Crippen molar-refractivity contribution in [3.05, 3.63) is 23.9 Å². The molecular weight excluding hydrogens is 288 g/mol. The van der Waals surface area contributed by atoms with Gasteiger partial charge >= 0.3 is 6.03 Å². The minimum atomic E-state index is -0.530. The Balaban J connectivity index is 1.96. The fourth-order valence-corrected chi connectivity index (χ4v) is 3.36. The molecule has 3 rings (SSSR count). The van der Waals surface area contributed by atoms with Crippen LogP contribution in [0.15, 0.2) is 18.2 Å². The number of carbonyl (C=O) groups excluding carboxylic acids is 2. The number of anilines is 1. The molecule has 3 amide bonds. The quantitative estimate of drug-likeness (QED) is 0.942. The number of carbonyl (C=O) groups is 2. The molecule has 6 nitrogen and oxygen atoms in total. The molecule has 1 aromatic heterocycles. The van der Waals surface area contributed by atoms with E-state index in [1.54, 1.807) is 11.0 Å². The first kappa shape index (κ1) is 13.8. The third kappa shape index (κ3) is 2.23. The van der Waals surface area contributed by atoms with E-state index in [4.69, 9.17) is 5.73 Å². The zero-order valence-corrected chi connectivity index (χ0v) is 12.7. The molecule has 0 bridgehead atoms. The van der Waals surface area contributed by atoms with Gasteiger partial charge in [0, 0.05) is 30.2 Å². The highest BCUT2D eigenvalue weighted by molar-refractivity contribution is 7.13. The second-order valence-electron chi connectivity index (χ2n) is 5.30. The summed E-state index contributed by atoms with van der Waals surface area (Å²) in [6.45, 7) is 5.41. The maximum Gasteiger partial charge on any atom is 0.324 e. The summed E-state index contributed by atoms with van der Waals surface area (Å²) < 4.78 is 4.94. The Morgan fingerprint density at radius 3 is 2.76 bits per heavy atom. The molecule has 1 fully saturated rings. The lowest BCUT2D eigenvalue weighted by Gasteiger charge is -2.21. The summed E-state index contributed by atoms with van der Waals surface area (Å²) >= 11 is 1.22. The summed E-state index contributed by atoms with van der Waals surface area (Å²) in [6, 6.07) is 5.74. The molecular formula is C14H16N4O2S. The number of hydrogen-bond acceptors (Lipinski definition) is 4. The third-order valence-corrected chi connectivity index (χ3v) is 4.47. The monoisotopic (exact) mass is 304 g/mol. The molecule has 1 saturated heterocycles. The van der Waals surface area contributed by atoms with Crippen LogP contribution in [0.1, 0.15) is 24.3 Å². The molecule has 0 atom stereocenters. The Labute approximate surface area is 126 Å². The molecule has 1 aliphatic rings. The van der Waals surface area contributed by atoms with Gasteiger partial charge in [-0.15, -0.1) is 0 Å². The van der Waals surface area contributed by atoms with Crippen molar-refractivity contribution in [2.24, 2.45) is 5.73 Å². The number of urea groups is 1. The largest absolute Gasteiger partial charge is 0.364 e. The first-order valence-corrected chi connectivity index (χ1v) is 7.53. The first-order chi connectivity index (χ1) is 9.99. The van der Waals surface area contributed by atoms with Gasteiger partial charge in [0.25, 0.3) is 5.91 Å². The van der Waals surface area contributed by atoms with Gasteiger partial charge in [0.05, 0.1) is 4.70 Å². The van der Waals surface area contributed by atoms with Crippen LogP contribution in [0.25, 0.3) is 10.1 Å². The molecule has 7 heteroatoms. The number of amides is 3. The lowest BCUT2D eigenvalue weighted by Crippen LogP contribution is -2.36. The maximum absolute atomic E-state index is 12.4. The van der Waals surface area contributed by atoms with E-state index >= 15 is 0 Å². The van der Waals surface area contributed by atoms with Crippen molar-refractivity contribution < 1.29 is 9.59 Å². The van der Waals surface area contributed by atoms with Gasteiger partial charge in [0.15, 0.2) is 0 Å². The van der Waals surface area contributed by atoms with Crippen LogP contribution in [0.3, 0.4) is 0 Å². The molecule has 1 aromatic carbocycles. The predicted molar refractivity (Wildman–Crippen MR) is 82.7 cm³/mol. The third-order valence-electron chi connectivity index (χ3n) is 3.67. The average Bonchev–Trinajstić information content (AvgIpc) is 3.01. The molecule has 0 aliphatic carbocycles. The maximum atomic E-state index is 12.4. The summed E-state index contributed by atoms with van der Waals surface area (Å²) in [5.74, 6) is -0.530. The highest BCUT2D eigenvalue weighted by Gasteiger charge is 2.31. The van der Waals surface area contributed by atoms with Gasteiger partial charge in [-0.1, -0.05) is 0 Å². The van der Waals surface area contributed by atoms with E-state index in [0.29, 0.717) is 6.54 Å². The van der Waals surface area contributed by atoms with E-state index in [9.17, 15) is 9.59 Å². The standard InChI is InChI=1S/C14H16N4O2S/c1-8(2)17-5-6-18(14(17)20)9-3-4-10-11(7-9)21-16-12(10)13(15)19/h3-4,7-8H,5-6H2,1-2H3,(H2,15,19). The number of rotatable bonds is 3. The zero-order valence-electron chi connectivity index (χ0n) is 11.9. The van der Waals surface area contributed by atoms with E-state index < -0.39 is 5.91 Å². The summed E-state index contributed by atoms with van der Waals surface area (Å²) in [7, 11) is 0. The van der Waals surface area contributed by atoms with E-state index in [0.717, 1.165) is 22.3 Å². The molecule has 110 valence electrons. The zero-order chi connectivity index (χ0) is 15.1. The van der Waals surface area contributed by atoms with Crippen LogP contribution in [0.5, 0.6) is 0 Å². The summed E-state index contributed by atoms with van der Waals surface area (Å²) in [5, 5.41) is 0.739. The number of fused-ring (bicyclic) bond motifs is 1. The summed E-state index contributed by atoms with van der Waals surface area (Å²) in [6.07, 6.45) is 0. The van der Waals surface area contributed by atoms with Crippen molar-refractivity contribution in [2.75, 3.05) is 18.0 Å². The van der Waals surface area contributed by atoms with Crippen molar-refractivity contribution in [1.29, 1.82) is 0 Å². The minimum Gasteiger partial charge on any atom is -0.364 e. The summed E-state index contributed by atoms with van der Waals surface area (Å²) in [5.41, 5.74) is 6.41. The van der Waals surface area contributed by atoms with Crippen LogP contribution >= 0.6 is 11.5 Å². The fourth-order valence-electron chi connectivity index (χ4n) is 2.54. The Morgan fingerprint density at radius 1 is 1.38 bits per heavy atom. The van der Waals surface area contributed by atoms with Gasteiger partial charge < -0.3 is 10.6 Å². The second-order valence-corrected chi connectivity index (χ2v) is 6.10. The van der Waals surface area contributed by atoms with Gasteiger partial charge in [-0.25, -0.2) is 4.79 Å². The molecule has 21 heavy (non-hydrogen) atoms. The average molecular weight is 304 g/mol. The Bertz CT molecular complexity index is 725. The van der Waals surface area contributed by atoms with Crippen LogP contribution in [-0.2, 0) is 0 Å². The Hall–Kier alpha value is -2.15. The molecule has 2 N–H and O–H groups in total. The second kappa shape index (κ2) is 5.00. The number of hydrogen-bond donors (Lipinski definition) is 1. The van der Waals surface area contributed by atoms with E-state index in [1.165, 1.54) is 11.5 Å². The van der Waals surface area contributed by atoms with Gasteiger partial charge in [-0.3, -0.25) is 9.69 Å². The van der Waals surface area contributed by atoms with E-state index in [1.807, 2.05) is 30.9 Å². The van der Waals surface area contributed by atoms with Crippen molar-refractivity contribution in [2.45, 2.75) is 19.9 Å². The van der Waals surface area contributed by atoms with Gasteiger partial charge in [0.1, 0.15) is 5.69 Å². The molecule has 0 unspecified atom stereocenters. The molecule has 1 aliphatic heterocycles. The topological polar surface area (TPSA) is 79.5 Å². The highest BCUT2D eigenvalue weighted by Crippen LogP contribution is 2.29. The Kier molecular flexibility index (Phi) is 3.29. The molecule has 2 aromatic rings. The number of nitrogens with two attached hydrogens (primary N) is 1.